The first-order chi connectivity index (χ1) is 14.4. The number of fused-ring (bicyclic) bond motifs is 1. The van der Waals surface area contributed by atoms with Gasteiger partial charge in [0.15, 0.2) is 0 Å². The van der Waals surface area contributed by atoms with Crippen LogP contribution in [0.1, 0.15) is 57.8 Å². The molecule has 3 saturated carbocycles. The minimum atomic E-state index is -1.14. The van der Waals surface area contributed by atoms with Gasteiger partial charge in [-0.1, -0.05) is 0 Å². The fourth-order valence-corrected chi connectivity index (χ4v) is 6.61. The number of alkyl halides is 1. The monoisotopic (exact) mass is 421 g/mol. The third-order valence-electron chi connectivity index (χ3n) is 8.73. The first-order valence-electron chi connectivity index (χ1n) is 12.1. The van der Waals surface area contributed by atoms with Crippen molar-refractivity contribution in [2.24, 2.45) is 23.7 Å². The maximum atomic E-state index is 15.2. The molecular formula is C23H36FN3O3. The second-order valence-electron chi connectivity index (χ2n) is 10.5. The molecular weight excluding hydrogens is 385 g/mol. The SMILES string of the molecule is O=C(C1CCC(C2CCC3CCNC3C2)C(F)C1)N1CCN(C(=O)C2(O)CC2)CC1. The van der Waals surface area contributed by atoms with Crippen molar-refractivity contribution in [3.05, 3.63) is 0 Å². The molecule has 30 heavy (non-hydrogen) atoms. The summed E-state index contributed by atoms with van der Waals surface area (Å²) in [5, 5.41) is 13.6. The van der Waals surface area contributed by atoms with E-state index in [0.717, 1.165) is 38.1 Å². The molecule has 5 rings (SSSR count). The van der Waals surface area contributed by atoms with Gasteiger partial charge in [0.2, 0.25) is 5.91 Å². The third-order valence-corrected chi connectivity index (χ3v) is 8.73. The molecule has 168 valence electrons. The zero-order valence-electron chi connectivity index (χ0n) is 17.9. The molecule has 3 aliphatic carbocycles. The zero-order valence-corrected chi connectivity index (χ0v) is 17.9. The van der Waals surface area contributed by atoms with Crippen molar-refractivity contribution in [3.63, 3.8) is 0 Å². The number of aliphatic hydroxyl groups is 1. The number of carbonyl (C=O) groups is 2. The van der Waals surface area contributed by atoms with Gasteiger partial charge in [-0.15, -0.1) is 0 Å². The predicted molar refractivity (Wildman–Crippen MR) is 110 cm³/mol. The van der Waals surface area contributed by atoms with Crippen LogP contribution in [0, 0.1) is 23.7 Å². The van der Waals surface area contributed by atoms with Gasteiger partial charge in [-0.2, -0.15) is 0 Å². The van der Waals surface area contributed by atoms with Crippen LogP contribution in [0.3, 0.4) is 0 Å². The van der Waals surface area contributed by atoms with Crippen molar-refractivity contribution in [1.29, 1.82) is 0 Å². The Bertz CT molecular complexity index is 677. The Hall–Kier alpha value is -1.21. The fourth-order valence-electron chi connectivity index (χ4n) is 6.61. The summed E-state index contributed by atoms with van der Waals surface area (Å²) in [6.07, 6.45) is 6.96. The Morgan fingerprint density at radius 2 is 1.60 bits per heavy atom. The maximum absolute atomic E-state index is 15.2. The zero-order chi connectivity index (χ0) is 20.9. The summed E-state index contributed by atoms with van der Waals surface area (Å²) >= 11 is 0. The third kappa shape index (κ3) is 3.88. The van der Waals surface area contributed by atoms with E-state index in [2.05, 4.69) is 5.32 Å². The highest BCUT2D eigenvalue weighted by atomic mass is 19.1. The number of carbonyl (C=O) groups excluding carboxylic acids is 2. The molecule has 6 nitrogen and oxygen atoms in total. The molecule has 2 aliphatic heterocycles. The summed E-state index contributed by atoms with van der Waals surface area (Å²) in [6, 6.07) is 0.586. The molecule has 0 aromatic carbocycles. The molecule has 6 atom stereocenters. The molecule has 2 saturated heterocycles. The van der Waals surface area contributed by atoms with E-state index in [0.29, 0.717) is 57.4 Å². The molecule has 6 unspecified atom stereocenters. The van der Waals surface area contributed by atoms with Crippen LogP contribution in [0.4, 0.5) is 4.39 Å². The smallest absolute Gasteiger partial charge is 0.254 e. The molecule has 5 aliphatic rings. The Morgan fingerprint density at radius 1 is 0.900 bits per heavy atom. The normalized spacial score (nSPS) is 40.7. The Kier molecular flexibility index (Phi) is 5.55. The van der Waals surface area contributed by atoms with Gasteiger partial charge in [-0.25, -0.2) is 4.39 Å². The lowest BCUT2D eigenvalue weighted by molar-refractivity contribution is -0.149. The van der Waals surface area contributed by atoms with Crippen LogP contribution in [0.2, 0.25) is 0 Å². The minimum absolute atomic E-state index is 0.0644. The number of hydrogen-bond donors (Lipinski definition) is 2. The van der Waals surface area contributed by atoms with Crippen LogP contribution in [0.25, 0.3) is 0 Å². The van der Waals surface area contributed by atoms with Gasteiger partial charge in [0.05, 0.1) is 0 Å². The van der Waals surface area contributed by atoms with Gasteiger partial charge in [0, 0.05) is 38.1 Å². The number of nitrogens with one attached hydrogen (secondary N) is 1. The average molecular weight is 422 g/mol. The lowest BCUT2D eigenvalue weighted by Crippen LogP contribution is -2.55. The summed E-state index contributed by atoms with van der Waals surface area (Å²) in [5.74, 6) is 1.03. The molecule has 0 aromatic heterocycles. The van der Waals surface area contributed by atoms with Gasteiger partial charge in [0.1, 0.15) is 11.8 Å². The van der Waals surface area contributed by atoms with Crippen LogP contribution in [0.5, 0.6) is 0 Å². The topological polar surface area (TPSA) is 72.9 Å². The number of piperazine rings is 1. The summed E-state index contributed by atoms with van der Waals surface area (Å²) in [4.78, 5) is 28.8. The number of halogens is 1. The van der Waals surface area contributed by atoms with E-state index in [1.807, 2.05) is 4.90 Å². The summed E-state index contributed by atoms with van der Waals surface area (Å²) < 4.78 is 15.2. The molecule has 0 radical (unpaired) electrons. The molecule has 0 aromatic rings. The van der Waals surface area contributed by atoms with Gasteiger partial charge >= 0.3 is 0 Å². The van der Waals surface area contributed by atoms with Crippen molar-refractivity contribution in [3.8, 4) is 0 Å². The van der Waals surface area contributed by atoms with Crippen molar-refractivity contribution in [1.82, 2.24) is 15.1 Å². The van der Waals surface area contributed by atoms with Gasteiger partial charge in [-0.3, -0.25) is 9.59 Å². The standard InChI is InChI=1S/C23H36FN3O3/c24-19-13-17(3-4-18(19)16-2-1-15-5-8-25-20(15)14-16)21(28)26-9-11-27(12-10-26)22(29)23(30)6-7-23/h15-20,25,30H,1-14H2. The van der Waals surface area contributed by atoms with Crippen molar-refractivity contribution >= 4 is 11.8 Å². The Balaban J connectivity index is 1.11. The van der Waals surface area contributed by atoms with E-state index in [1.54, 1.807) is 4.90 Å². The molecule has 2 N–H and O–H groups in total. The second-order valence-corrected chi connectivity index (χ2v) is 10.5. The van der Waals surface area contributed by atoms with Crippen molar-refractivity contribution < 1.29 is 19.1 Å². The Morgan fingerprint density at radius 3 is 2.30 bits per heavy atom. The van der Waals surface area contributed by atoms with E-state index in [1.165, 1.54) is 12.8 Å². The molecule has 2 amide bonds. The predicted octanol–water partition coefficient (Wildman–Crippen LogP) is 1.71. The molecule has 7 heteroatoms. The minimum Gasteiger partial charge on any atom is -0.380 e. The highest BCUT2D eigenvalue weighted by molar-refractivity contribution is 5.88. The first kappa shape index (κ1) is 20.7. The van der Waals surface area contributed by atoms with Crippen LogP contribution >= 0.6 is 0 Å². The Labute approximate surface area is 178 Å². The van der Waals surface area contributed by atoms with Crippen LogP contribution in [-0.4, -0.2) is 77.3 Å². The van der Waals surface area contributed by atoms with E-state index in [-0.39, 0.29) is 23.7 Å². The second kappa shape index (κ2) is 8.05. The van der Waals surface area contributed by atoms with Gasteiger partial charge in [0.25, 0.3) is 5.91 Å². The van der Waals surface area contributed by atoms with Crippen LogP contribution < -0.4 is 5.32 Å². The van der Waals surface area contributed by atoms with Crippen molar-refractivity contribution in [2.75, 3.05) is 32.7 Å². The summed E-state index contributed by atoms with van der Waals surface area (Å²) in [7, 11) is 0. The lowest BCUT2D eigenvalue weighted by atomic mass is 9.67. The highest BCUT2D eigenvalue weighted by Gasteiger charge is 2.50. The fraction of sp³-hybridized carbons (Fsp3) is 0.913. The van der Waals surface area contributed by atoms with E-state index >= 15 is 4.39 Å². The first-order valence-corrected chi connectivity index (χ1v) is 12.1. The molecule has 5 fully saturated rings. The quantitative estimate of drug-likeness (QED) is 0.728. The number of amides is 2. The lowest BCUT2D eigenvalue weighted by Gasteiger charge is -2.42. The number of hydrogen-bond acceptors (Lipinski definition) is 4. The van der Waals surface area contributed by atoms with Gasteiger partial charge < -0.3 is 20.2 Å². The highest BCUT2D eigenvalue weighted by Crippen LogP contribution is 2.44. The largest absolute Gasteiger partial charge is 0.380 e. The van der Waals surface area contributed by atoms with Crippen LogP contribution in [0.15, 0.2) is 0 Å². The average Bonchev–Trinajstić information content (AvgIpc) is 3.34. The van der Waals surface area contributed by atoms with Crippen LogP contribution in [-0.2, 0) is 9.59 Å². The van der Waals surface area contributed by atoms with E-state index < -0.39 is 11.8 Å². The van der Waals surface area contributed by atoms with E-state index in [9.17, 15) is 14.7 Å². The summed E-state index contributed by atoms with van der Waals surface area (Å²) in [6.45, 7) is 3.04. The molecule has 0 bridgehead atoms. The number of rotatable bonds is 3. The molecule has 0 spiro atoms. The molecule has 2 heterocycles. The van der Waals surface area contributed by atoms with Crippen molar-refractivity contribution in [2.45, 2.75) is 75.6 Å². The van der Waals surface area contributed by atoms with Gasteiger partial charge in [-0.05, 0) is 82.1 Å². The number of nitrogens with zero attached hydrogens (tertiary/aromatic N) is 2. The summed E-state index contributed by atoms with van der Waals surface area (Å²) in [5.41, 5.74) is -1.14. The van der Waals surface area contributed by atoms with E-state index in [4.69, 9.17) is 0 Å². The maximum Gasteiger partial charge on any atom is 0.254 e.